The number of piperazine rings is 1. The van der Waals surface area contributed by atoms with Gasteiger partial charge in [0.2, 0.25) is 0 Å². The van der Waals surface area contributed by atoms with Crippen LogP contribution in [0.3, 0.4) is 0 Å². The Labute approximate surface area is 91.0 Å². The highest BCUT2D eigenvalue weighted by atomic mass is 79.9. The lowest BCUT2D eigenvalue weighted by atomic mass is 10.1. The quantitative estimate of drug-likeness (QED) is 0.803. The number of hydrogen-bond donors (Lipinski definition) is 2. The van der Waals surface area contributed by atoms with E-state index >= 15 is 0 Å². The van der Waals surface area contributed by atoms with Gasteiger partial charge in [-0.2, -0.15) is 0 Å². The second-order valence-electron chi connectivity index (χ2n) is 3.35. The van der Waals surface area contributed by atoms with Crippen molar-refractivity contribution in [2.75, 3.05) is 19.6 Å². The van der Waals surface area contributed by atoms with Gasteiger partial charge in [0.1, 0.15) is 5.82 Å². The molecular formula is C10H12BrFN2. The van der Waals surface area contributed by atoms with Gasteiger partial charge in [-0.25, -0.2) is 4.39 Å². The summed E-state index contributed by atoms with van der Waals surface area (Å²) in [6.45, 7) is 2.60. The molecule has 1 unspecified atom stereocenters. The van der Waals surface area contributed by atoms with Gasteiger partial charge in [-0.15, -0.1) is 0 Å². The number of nitrogens with one attached hydrogen (secondary N) is 2. The predicted molar refractivity (Wildman–Crippen MR) is 57.7 cm³/mol. The molecule has 1 aliphatic rings. The minimum Gasteiger partial charge on any atom is -0.314 e. The van der Waals surface area contributed by atoms with Crippen LogP contribution in [0.5, 0.6) is 0 Å². The summed E-state index contributed by atoms with van der Waals surface area (Å²) >= 11 is 3.37. The van der Waals surface area contributed by atoms with Crippen molar-refractivity contribution >= 4 is 15.9 Å². The van der Waals surface area contributed by atoms with Crippen LogP contribution >= 0.6 is 15.9 Å². The van der Waals surface area contributed by atoms with E-state index in [0.29, 0.717) is 0 Å². The third kappa shape index (κ3) is 1.97. The van der Waals surface area contributed by atoms with Gasteiger partial charge in [0, 0.05) is 35.7 Å². The van der Waals surface area contributed by atoms with Gasteiger partial charge in [0.05, 0.1) is 0 Å². The van der Waals surface area contributed by atoms with Crippen molar-refractivity contribution in [2.45, 2.75) is 6.04 Å². The largest absolute Gasteiger partial charge is 0.314 e. The second kappa shape index (κ2) is 4.38. The highest BCUT2D eigenvalue weighted by molar-refractivity contribution is 9.10. The standard InChI is InChI=1S/C10H12BrFN2/c11-7-2-1-3-8(12)10(7)9-6-13-4-5-14-9/h1-3,9,13-14H,4-6H2. The molecule has 0 aromatic heterocycles. The molecule has 0 radical (unpaired) electrons. The minimum atomic E-state index is -0.152. The van der Waals surface area contributed by atoms with E-state index in [0.717, 1.165) is 29.7 Å². The smallest absolute Gasteiger partial charge is 0.129 e. The van der Waals surface area contributed by atoms with Crippen LogP contribution in [-0.4, -0.2) is 19.6 Å². The zero-order chi connectivity index (χ0) is 9.97. The summed E-state index contributed by atoms with van der Waals surface area (Å²) in [5, 5.41) is 6.52. The van der Waals surface area contributed by atoms with Crippen LogP contribution in [0.4, 0.5) is 4.39 Å². The van der Waals surface area contributed by atoms with Gasteiger partial charge in [0.25, 0.3) is 0 Å². The first kappa shape index (κ1) is 10.1. The molecule has 0 spiro atoms. The molecule has 1 saturated heterocycles. The molecule has 4 heteroatoms. The Hall–Kier alpha value is -0.450. The average Bonchev–Trinajstić information content (AvgIpc) is 2.19. The fourth-order valence-electron chi connectivity index (χ4n) is 1.70. The van der Waals surface area contributed by atoms with Crippen LogP contribution in [0.15, 0.2) is 22.7 Å². The summed E-state index contributed by atoms with van der Waals surface area (Å²) < 4.78 is 14.4. The Balaban J connectivity index is 2.29. The van der Waals surface area contributed by atoms with Crippen molar-refractivity contribution in [1.29, 1.82) is 0 Å². The van der Waals surface area contributed by atoms with Gasteiger partial charge in [-0.05, 0) is 12.1 Å². The number of hydrogen-bond acceptors (Lipinski definition) is 2. The van der Waals surface area contributed by atoms with Gasteiger partial charge in [0.15, 0.2) is 0 Å². The molecule has 1 aromatic rings. The van der Waals surface area contributed by atoms with Crippen molar-refractivity contribution in [3.05, 3.63) is 34.1 Å². The molecule has 14 heavy (non-hydrogen) atoms. The Morgan fingerprint density at radius 2 is 2.21 bits per heavy atom. The SMILES string of the molecule is Fc1cccc(Br)c1C1CNCCN1. The summed E-state index contributed by atoms with van der Waals surface area (Å²) in [6.07, 6.45) is 0. The van der Waals surface area contributed by atoms with Crippen LogP contribution in [-0.2, 0) is 0 Å². The highest BCUT2D eigenvalue weighted by Crippen LogP contribution is 2.26. The molecule has 1 aromatic carbocycles. The highest BCUT2D eigenvalue weighted by Gasteiger charge is 2.19. The van der Waals surface area contributed by atoms with Gasteiger partial charge >= 0.3 is 0 Å². The zero-order valence-corrected chi connectivity index (χ0v) is 9.27. The van der Waals surface area contributed by atoms with Crippen molar-refractivity contribution < 1.29 is 4.39 Å². The first-order valence-corrected chi connectivity index (χ1v) is 5.46. The molecule has 1 atom stereocenters. The molecule has 0 amide bonds. The third-order valence-electron chi connectivity index (χ3n) is 2.39. The van der Waals surface area contributed by atoms with E-state index in [-0.39, 0.29) is 11.9 Å². The lowest BCUT2D eigenvalue weighted by Gasteiger charge is -2.25. The maximum atomic E-state index is 13.5. The number of halogens is 2. The van der Waals surface area contributed by atoms with Crippen LogP contribution in [0.1, 0.15) is 11.6 Å². The molecule has 2 nitrogen and oxygen atoms in total. The van der Waals surface area contributed by atoms with E-state index < -0.39 is 0 Å². The van der Waals surface area contributed by atoms with E-state index in [1.54, 1.807) is 6.07 Å². The first-order chi connectivity index (χ1) is 6.79. The third-order valence-corrected chi connectivity index (χ3v) is 3.08. The summed E-state index contributed by atoms with van der Waals surface area (Å²) in [5.74, 6) is -0.152. The van der Waals surface area contributed by atoms with E-state index in [2.05, 4.69) is 26.6 Å². The maximum Gasteiger partial charge on any atom is 0.129 e. The molecular weight excluding hydrogens is 247 g/mol. The van der Waals surface area contributed by atoms with Crippen LogP contribution in [0.25, 0.3) is 0 Å². The molecule has 2 rings (SSSR count). The van der Waals surface area contributed by atoms with Gasteiger partial charge in [-0.1, -0.05) is 22.0 Å². The van der Waals surface area contributed by atoms with Crippen molar-refractivity contribution in [2.24, 2.45) is 0 Å². The fraction of sp³-hybridized carbons (Fsp3) is 0.400. The average molecular weight is 259 g/mol. The Morgan fingerprint density at radius 1 is 1.36 bits per heavy atom. The van der Waals surface area contributed by atoms with Crippen molar-refractivity contribution in [1.82, 2.24) is 10.6 Å². The van der Waals surface area contributed by atoms with Gasteiger partial charge < -0.3 is 10.6 Å². The predicted octanol–water partition coefficient (Wildman–Crippen LogP) is 1.82. The normalized spacial score (nSPS) is 22.3. The van der Waals surface area contributed by atoms with E-state index in [1.807, 2.05) is 6.07 Å². The monoisotopic (exact) mass is 258 g/mol. The van der Waals surface area contributed by atoms with E-state index in [4.69, 9.17) is 0 Å². The summed E-state index contributed by atoms with van der Waals surface area (Å²) in [5.41, 5.74) is 0.722. The molecule has 1 heterocycles. The summed E-state index contributed by atoms with van der Waals surface area (Å²) in [4.78, 5) is 0. The van der Waals surface area contributed by atoms with Crippen LogP contribution in [0.2, 0.25) is 0 Å². The summed E-state index contributed by atoms with van der Waals surface area (Å²) in [6, 6.07) is 5.14. The topological polar surface area (TPSA) is 24.1 Å². The fourth-order valence-corrected chi connectivity index (χ4v) is 2.32. The van der Waals surface area contributed by atoms with Gasteiger partial charge in [-0.3, -0.25) is 0 Å². The Morgan fingerprint density at radius 3 is 2.86 bits per heavy atom. The zero-order valence-electron chi connectivity index (χ0n) is 7.69. The lowest BCUT2D eigenvalue weighted by Crippen LogP contribution is -2.43. The van der Waals surface area contributed by atoms with Crippen molar-refractivity contribution in [3.63, 3.8) is 0 Å². The van der Waals surface area contributed by atoms with E-state index in [9.17, 15) is 4.39 Å². The molecule has 0 bridgehead atoms. The molecule has 2 N–H and O–H groups in total. The maximum absolute atomic E-state index is 13.5. The minimum absolute atomic E-state index is 0.0688. The van der Waals surface area contributed by atoms with Crippen molar-refractivity contribution in [3.8, 4) is 0 Å². The first-order valence-electron chi connectivity index (χ1n) is 4.67. The number of benzene rings is 1. The molecule has 76 valence electrons. The van der Waals surface area contributed by atoms with E-state index in [1.165, 1.54) is 6.07 Å². The number of rotatable bonds is 1. The van der Waals surface area contributed by atoms with Crippen LogP contribution < -0.4 is 10.6 Å². The Kier molecular flexibility index (Phi) is 3.15. The Bertz CT molecular complexity index is 304. The lowest BCUT2D eigenvalue weighted by molar-refractivity contribution is 0.415. The van der Waals surface area contributed by atoms with Crippen LogP contribution in [0, 0.1) is 5.82 Å². The molecule has 1 aliphatic heterocycles. The summed E-state index contributed by atoms with van der Waals surface area (Å²) in [7, 11) is 0. The second-order valence-corrected chi connectivity index (χ2v) is 4.20. The molecule has 0 aliphatic carbocycles. The molecule has 1 fully saturated rings. The molecule has 0 saturated carbocycles.